The predicted molar refractivity (Wildman–Crippen MR) is 150 cm³/mol. The number of rotatable bonds is 12. The van der Waals surface area contributed by atoms with Crippen molar-refractivity contribution in [3.05, 3.63) is 42.5 Å². The summed E-state index contributed by atoms with van der Waals surface area (Å²) in [6.45, 7) is 5.12. The van der Waals surface area contributed by atoms with Crippen molar-refractivity contribution in [3.63, 3.8) is 0 Å². The molecule has 3 N–H and O–H groups in total. The lowest BCUT2D eigenvalue weighted by Gasteiger charge is -2.34. The molecule has 2 aromatic carbocycles. The van der Waals surface area contributed by atoms with Gasteiger partial charge in [-0.05, 0) is 61.4 Å². The number of likely N-dealkylation sites (tertiary alicyclic amines) is 1. The first-order valence-electron chi connectivity index (χ1n) is 14.6. The van der Waals surface area contributed by atoms with Gasteiger partial charge in [-0.15, -0.1) is 0 Å². The van der Waals surface area contributed by atoms with Crippen LogP contribution in [0.3, 0.4) is 0 Å². The highest BCUT2D eigenvalue weighted by molar-refractivity contribution is 6.04. The van der Waals surface area contributed by atoms with Crippen LogP contribution in [-0.2, 0) is 19.1 Å². The zero-order chi connectivity index (χ0) is 27.6. The fraction of sp³-hybridized carbons (Fsp3) is 0.581. The number of nitrogens with one attached hydrogen (secondary N) is 2. The zero-order valence-corrected chi connectivity index (χ0v) is 23.1. The minimum absolute atomic E-state index is 0.142. The third kappa shape index (κ3) is 4.72. The summed E-state index contributed by atoms with van der Waals surface area (Å²) in [7, 11) is 0. The molecule has 39 heavy (non-hydrogen) atoms. The molecular weight excluding hydrogens is 494 g/mol. The van der Waals surface area contributed by atoms with Crippen molar-refractivity contribution < 1.29 is 24.2 Å². The predicted octanol–water partition coefficient (Wildman–Crippen LogP) is 4.01. The molecule has 5 rings (SSSR count). The van der Waals surface area contributed by atoms with Crippen LogP contribution in [0.1, 0.15) is 65.2 Å². The molecule has 2 bridgehead atoms. The summed E-state index contributed by atoms with van der Waals surface area (Å²) in [5.41, 5.74) is -1.08. The number of carbonyl (C=O) groups excluding carboxylic acids is 3. The number of fused-ring (bicyclic) bond motifs is 2. The Morgan fingerprint density at radius 1 is 1.03 bits per heavy atom. The largest absolute Gasteiger partial charge is 0.396 e. The van der Waals surface area contributed by atoms with Gasteiger partial charge in [0.15, 0.2) is 0 Å². The number of hydrogen-bond donors (Lipinski definition) is 3. The van der Waals surface area contributed by atoms with Crippen LogP contribution in [0.15, 0.2) is 42.5 Å². The molecule has 0 aromatic heterocycles. The molecule has 2 aromatic rings. The third-order valence-corrected chi connectivity index (χ3v) is 9.09. The van der Waals surface area contributed by atoms with E-state index in [1.165, 1.54) is 0 Å². The lowest BCUT2D eigenvalue weighted by atomic mass is 9.65. The zero-order valence-electron chi connectivity index (χ0n) is 23.1. The SMILES string of the molecule is CCCNC(=O)[C@@H]1[C@H]2C(=O)N(CCCCCCO)C(C(=O)Nc3ccc4ccccc4c3)C23CC[C@@]1(CC)O3. The van der Waals surface area contributed by atoms with Crippen LogP contribution in [0.25, 0.3) is 10.8 Å². The van der Waals surface area contributed by atoms with E-state index in [2.05, 4.69) is 10.6 Å². The van der Waals surface area contributed by atoms with E-state index in [1.807, 2.05) is 56.3 Å². The highest BCUT2D eigenvalue weighted by atomic mass is 16.5. The fourth-order valence-corrected chi connectivity index (χ4v) is 7.24. The number of nitrogens with zero attached hydrogens (tertiary/aromatic N) is 1. The van der Waals surface area contributed by atoms with Gasteiger partial charge in [-0.2, -0.15) is 0 Å². The normalized spacial score (nSPS) is 29.2. The van der Waals surface area contributed by atoms with Crippen LogP contribution in [0.5, 0.6) is 0 Å². The molecule has 3 aliphatic heterocycles. The molecule has 3 fully saturated rings. The van der Waals surface area contributed by atoms with Crippen LogP contribution in [0.4, 0.5) is 5.69 Å². The van der Waals surface area contributed by atoms with Crippen LogP contribution in [0.2, 0.25) is 0 Å². The second-order valence-corrected chi connectivity index (χ2v) is 11.3. The van der Waals surface area contributed by atoms with Gasteiger partial charge in [-0.25, -0.2) is 0 Å². The van der Waals surface area contributed by atoms with Crippen molar-refractivity contribution in [2.75, 3.05) is 25.0 Å². The second-order valence-electron chi connectivity index (χ2n) is 11.3. The number of aliphatic hydroxyl groups is 1. The Kier molecular flexibility index (Phi) is 7.96. The van der Waals surface area contributed by atoms with Crippen LogP contribution in [0, 0.1) is 11.8 Å². The van der Waals surface area contributed by atoms with Gasteiger partial charge in [-0.1, -0.05) is 57.0 Å². The van der Waals surface area contributed by atoms with E-state index in [4.69, 9.17) is 9.84 Å². The van der Waals surface area contributed by atoms with E-state index in [0.29, 0.717) is 44.5 Å². The quantitative estimate of drug-likeness (QED) is 0.356. The number of hydrogen-bond acceptors (Lipinski definition) is 5. The number of ether oxygens (including phenoxy) is 1. The Morgan fingerprint density at radius 2 is 1.79 bits per heavy atom. The molecule has 1 spiro atoms. The minimum Gasteiger partial charge on any atom is -0.396 e. The first kappa shape index (κ1) is 27.6. The highest BCUT2D eigenvalue weighted by Gasteiger charge is 2.78. The van der Waals surface area contributed by atoms with Gasteiger partial charge in [0.1, 0.15) is 11.6 Å². The third-order valence-electron chi connectivity index (χ3n) is 9.09. The molecule has 3 heterocycles. The maximum Gasteiger partial charge on any atom is 0.250 e. The molecular formula is C31H41N3O5. The van der Waals surface area contributed by atoms with Gasteiger partial charge < -0.3 is 25.4 Å². The summed E-state index contributed by atoms with van der Waals surface area (Å²) in [5, 5.41) is 17.3. The van der Waals surface area contributed by atoms with E-state index < -0.39 is 29.1 Å². The van der Waals surface area contributed by atoms with Crippen LogP contribution in [-0.4, -0.2) is 64.7 Å². The minimum atomic E-state index is -1.02. The Labute approximate surface area is 230 Å². The Morgan fingerprint density at radius 3 is 2.54 bits per heavy atom. The van der Waals surface area contributed by atoms with Gasteiger partial charge in [0.2, 0.25) is 17.7 Å². The summed E-state index contributed by atoms with van der Waals surface area (Å²) >= 11 is 0. The average molecular weight is 536 g/mol. The topological polar surface area (TPSA) is 108 Å². The van der Waals surface area contributed by atoms with Crippen LogP contribution < -0.4 is 10.6 Å². The number of aliphatic hydroxyl groups excluding tert-OH is 1. The summed E-state index contributed by atoms with van der Waals surface area (Å²) in [6, 6.07) is 13.0. The Balaban J connectivity index is 1.47. The molecule has 0 aliphatic carbocycles. The summed E-state index contributed by atoms with van der Waals surface area (Å²) in [4.78, 5) is 43.4. The molecule has 3 saturated heterocycles. The first-order valence-corrected chi connectivity index (χ1v) is 14.6. The van der Waals surface area contributed by atoms with E-state index >= 15 is 0 Å². The van der Waals surface area contributed by atoms with Crippen molar-refractivity contribution >= 4 is 34.2 Å². The number of benzene rings is 2. The van der Waals surface area contributed by atoms with Crippen molar-refractivity contribution in [2.45, 2.75) is 82.5 Å². The average Bonchev–Trinajstić information content (AvgIpc) is 3.55. The summed E-state index contributed by atoms with van der Waals surface area (Å²) < 4.78 is 6.80. The monoisotopic (exact) mass is 535 g/mol. The van der Waals surface area contributed by atoms with E-state index in [-0.39, 0.29) is 24.3 Å². The lowest BCUT2D eigenvalue weighted by Crippen LogP contribution is -2.53. The number of anilines is 1. The summed E-state index contributed by atoms with van der Waals surface area (Å²) in [6.07, 6.45) is 5.79. The standard InChI is InChI=1S/C31H41N3O5/c1-3-17-32-27(36)24-25-29(38)34(18-9-5-6-10-19-35)26(31(25)16-15-30(24,4-2)39-31)28(37)33-23-14-13-21-11-7-8-12-22(21)20-23/h7-8,11-14,20,24-26,35H,3-6,9-10,15-19H2,1-2H3,(H,32,36)(H,33,37)/t24-,25-,26?,30+,31?/m0/s1. The Bertz CT molecular complexity index is 1230. The van der Waals surface area contributed by atoms with Gasteiger partial charge in [0.25, 0.3) is 0 Å². The molecule has 0 radical (unpaired) electrons. The van der Waals surface area contributed by atoms with Crippen molar-refractivity contribution in [1.82, 2.24) is 10.2 Å². The maximum absolute atomic E-state index is 14.1. The highest BCUT2D eigenvalue weighted by Crippen LogP contribution is 2.64. The van der Waals surface area contributed by atoms with E-state index in [0.717, 1.165) is 36.5 Å². The summed E-state index contributed by atoms with van der Waals surface area (Å²) in [5.74, 6) is -1.84. The van der Waals surface area contributed by atoms with Gasteiger partial charge >= 0.3 is 0 Å². The Hall–Kier alpha value is -2.97. The van der Waals surface area contributed by atoms with Gasteiger partial charge in [0, 0.05) is 25.4 Å². The molecule has 5 atom stereocenters. The fourth-order valence-electron chi connectivity index (χ4n) is 7.24. The maximum atomic E-state index is 14.1. The van der Waals surface area contributed by atoms with E-state index in [9.17, 15) is 14.4 Å². The molecule has 8 nitrogen and oxygen atoms in total. The van der Waals surface area contributed by atoms with Gasteiger partial charge in [0.05, 0.1) is 17.4 Å². The lowest BCUT2D eigenvalue weighted by molar-refractivity contribution is -0.146. The molecule has 3 aliphatic rings. The van der Waals surface area contributed by atoms with Crippen molar-refractivity contribution in [2.24, 2.45) is 11.8 Å². The number of amides is 3. The van der Waals surface area contributed by atoms with Crippen molar-refractivity contribution in [3.8, 4) is 0 Å². The molecule has 210 valence electrons. The molecule has 0 saturated carbocycles. The second kappa shape index (κ2) is 11.3. The smallest absolute Gasteiger partial charge is 0.250 e. The van der Waals surface area contributed by atoms with Gasteiger partial charge in [-0.3, -0.25) is 14.4 Å². The van der Waals surface area contributed by atoms with E-state index in [1.54, 1.807) is 4.90 Å². The molecule has 8 heteroatoms. The molecule has 2 unspecified atom stereocenters. The first-order chi connectivity index (χ1) is 18.9. The van der Waals surface area contributed by atoms with Crippen LogP contribution >= 0.6 is 0 Å². The van der Waals surface area contributed by atoms with Crippen molar-refractivity contribution in [1.29, 1.82) is 0 Å². The number of unbranched alkanes of at least 4 members (excludes halogenated alkanes) is 3. The molecule has 3 amide bonds. The number of carbonyl (C=O) groups is 3.